The van der Waals surface area contributed by atoms with E-state index in [0.717, 1.165) is 5.56 Å². The highest BCUT2D eigenvalue weighted by Gasteiger charge is 2.11. The zero-order chi connectivity index (χ0) is 13.8. The smallest absolute Gasteiger partial charge is 0.325 e. The first-order chi connectivity index (χ1) is 9.06. The van der Waals surface area contributed by atoms with Crippen LogP contribution in [0, 0.1) is 10.1 Å². The van der Waals surface area contributed by atoms with Gasteiger partial charge in [0, 0.05) is 18.6 Å². The van der Waals surface area contributed by atoms with Gasteiger partial charge in [-0.2, -0.15) is 0 Å². The van der Waals surface area contributed by atoms with Gasteiger partial charge in [0.15, 0.2) is 5.82 Å². The van der Waals surface area contributed by atoms with Crippen LogP contribution in [-0.2, 0) is 17.8 Å². The van der Waals surface area contributed by atoms with E-state index in [0.29, 0.717) is 12.2 Å². The Hall–Kier alpha value is -2.84. The van der Waals surface area contributed by atoms with Crippen LogP contribution >= 0.6 is 0 Å². The highest BCUT2D eigenvalue weighted by molar-refractivity contribution is 5.66. The quantitative estimate of drug-likeness (QED) is 0.605. The Kier molecular flexibility index (Phi) is 3.46. The van der Waals surface area contributed by atoms with E-state index < -0.39 is 10.9 Å². The second kappa shape index (κ2) is 5.21. The molecule has 9 heteroatoms. The fourth-order valence-corrected chi connectivity index (χ4v) is 1.52. The maximum atomic E-state index is 10.6. The highest BCUT2D eigenvalue weighted by atomic mass is 16.6. The molecule has 1 heterocycles. The standard InChI is InChI=1S/C10H9N5O4/c16-10(17)6-14-9(11-12-13-14)5-7-1-3-8(4-2-7)15(18)19/h1-4H,5-6H2,(H,16,17). The number of hydrogen-bond donors (Lipinski definition) is 1. The second-order valence-electron chi connectivity index (χ2n) is 3.75. The molecule has 1 aromatic heterocycles. The number of nitro benzene ring substituents is 1. The zero-order valence-electron chi connectivity index (χ0n) is 9.63. The number of hydrogen-bond acceptors (Lipinski definition) is 6. The Bertz CT molecular complexity index is 607. The van der Waals surface area contributed by atoms with E-state index in [2.05, 4.69) is 15.5 Å². The normalized spacial score (nSPS) is 10.3. The molecule has 0 bridgehead atoms. The fraction of sp³-hybridized carbons (Fsp3) is 0.200. The molecule has 9 nitrogen and oxygen atoms in total. The lowest BCUT2D eigenvalue weighted by molar-refractivity contribution is -0.384. The van der Waals surface area contributed by atoms with Crippen LogP contribution in [0.5, 0.6) is 0 Å². The number of benzene rings is 1. The minimum atomic E-state index is -1.04. The second-order valence-corrected chi connectivity index (χ2v) is 3.75. The first-order valence-corrected chi connectivity index (χ1v) is 5.26. The molecule has 1 aromatic carbocycles. The molecule has 0 unspecified atom stereocenters. The van der Waals surface area contributed by atoms with Crippen LogP contribution in [0.25, 0.3) is 0 Å². The van der Waals surface area contributed by atoms with Gasteiger partial charge in [0.2, 0.25) is 0 Å². The SMILES string of the molecule is O=C(O)Cn1nnnc1Cc1ccc([N+](=O)[O-])cc1. The van der Waals surface area contributed by atoms with Gasteiger partial charge in [0.1, 0.15) is 6.54 Å². The van der Waals surface area contributed by atoms with Crippen molar-refractivity contribution in [3.05, 3.63) is 45.8 Å². The Morgan fingerprint density at radius 3 is 2.63 bits per heavy atom. The van der Waals surface area contributed by atoms with Crippen molar-refractivity contribution in [1.82, 2.24) is 20.2 Å². The third-order valence-electron chi connectivity index (χ3n) is 2.40. The van der Waals surface area contributed by atoms with Crippen molar-refractivity contribution < 1.29 is 14.8 Å². The molecule has 0 aliphatic carbocycles. The van der Waals surface area contributed by atoms with E-state index in [4.69, 9.17) is 5.11 Å². The Labute approximate surface area is 106 Å². The first kappa shape index (κ1) is 12.6. The maximum Gasteiger partial charge on any atom is 0.325 e. The van der Waals surface area contributed by atoms with E-state index >= 15 is 0 Å². The van der Waals surface area contributed by atoms with Gasteiger partial charge < -0.3 is 5.11 Å². The predicted octanol–water partition coefficient (Wildman–Crippen LogP) is 0.257. The molecule has 0 saturated carbocycles. The Balaban J connectivity index is 2.15. The van der Waals surface area contributed by atoms with Crippen molar-refractivity contribution in [3.63, 3.8) is 0 Å². The summed E-state index contributed by atoms with van der Waals surface area (Å²) in [5, 5.41) is 29.9. The van der Waals surface area contributed by atoms with Crippen molar-refractivity contribution in [1.29, 1.82) is 0 Å². The van der Waals surface area contributed by atoms with Gasteiger partial charge in [-0.1, -0.05) is 12.1 Å². The molecule has 2 aromatic rings. The molecule has 0 amide bonds. The van der Waals surface area contributed by atoms with Gasteiger partial charge >= 0.3 is 5.97 Å². The van der Waals surface area contributed by atoms with Crippen LogP contribution in [0.2, 0.25) is 0 Å². The van der Waals surface area contributed by atoms with Gasteiger partial charge in [-0.25, -0.2) is 4.68 Å². The zero-order valence-corrected chi connectivity index (χ0v) is 9.63. The highest BCUT2D eigenvalue weighted by Crippen LogP contribution is 2.13. The summed E-state index contributed by atoms with van der Waals surface area (Å²) in [6, 6.07) is 5.91. The number of non-ortho nitro benzene ring substituents is 1. The monoisotopic (exact) mass is 263 g/mol. The van der Waals surface area contributed by atoms with Gasteiger partial charge in [0.25, 0.3) is 5.69 Å². The summed E-state index contributed by atoms with van der Waals surface area (Å²) in [5.74, 6) is -0.659. The van der Waals surface area contributed by atoms with E-state index in [1.165, 1.54) is 16.8 Å². The molecule has 19 heavy (non-hydrogen) atoms. The largest absolute Gasteiger partial charge is 0.480 e. The van der Waals surface area contributed by atoms with Crippen LogP contribution in [-0.4, -0.2) is 36.2 Å². The van der Waals surface area contributed by atoms with Gasteiger partial charge in [0.05, 0.1) is 4.92 Å². The minimum Gasteiger partial charge on any atom is -0.480 e. The first-order valence-electron chi connectivity index (χ1n) is 5.26. The number of carboxylic acid groups (broad SMARTS) is 1. The Morgan fingerprint density at radius 1 is 1.37 bits per heavy atom. The molecule has 0 radical (unpaired) electrons. The summed E-state index contributed by atoms with van der Waals surface area (Å²) in [4.78, 5) is 20.6. The van der Waals surface area contributed by atoms with E-state index in [1.807, 2.05) is 0 Å². The molecule has 1 N–H and O–H groups in total. The number of nitrogens with zero attached hydrogens (tertiary/aromatic N) is 5. The lowest BCUT2D eigenvalue weighted by Crippen LogP contribution is -2.13. The van der Waals surface area contributed by atoms with Crippen LogP contribution in [0.1, 0.15) is 11.4 Å². The van der Waals surface area contributed by atoms with Crippen molar-refractivity contribution in [2.75, 3.05) is 0 Å². The molecule has 0 spiro atoms. The number of aromatic nitrogens is 4. The number of carboxylic acids is 1. The van der Waals surface area contributed by atoms with Gasteiger partial charge in [-0.15, -0.1) is 5.10 Å². The van der Waals surface area contributed by atoms with Crippen LogP contribution in [0.4, 0.5) is 5.69 Å². The molecule has 0 aliphatic heterocycles. The molecular formula is C10H9N5O4. The summed E-state index contributed by atoms with van der Waals surface area (Å²) in [6.07, 6.45) is 0.304. The molecule has 0 saturated heterocycles. The topological polar surface area (TPSA) is 124 Å². The summed E-state index contributed by atoms with van der Waals surface area (Å²) in [6.45, 7) is -0.324. The number of aliphatic carboxylic acids is 1. The Morgan fingerprint density at radius 2 is 2.05 bits per heavy atom. The summed E-state index contributed by atoms with van der Waals surface area (Å²) >= 11 is 0. The third kappa shape index (κ3) is 3.09. The average molecular weight is 263 g/mol. The lowest BCUT2D eigenvalue weighted by Gasteiger charge is -2.01. The number of rotatable bonds is 5. The van der Waals surface area contributed by atoms with E-state index in [1.54, 1.807) is 12.1 Å². The molecule has 0 atom stereocenters. The van der Waals surface area contributed by atoms with Gasteiger partial charge in [-0.3, -0.25) is 14.9 Å². The molecular weight excluding hydrogens is 254 g/mol. The molecule has 2 rings (SSSR count). The molecule has 0 aliphatic rings. The minimum absolute atomic E-state index is 0.00567. The van der Waals surface area contributed by atoms with E-state index in [9.17, 15) is 14.9 Å². The predicted molar refractivity (Wildman–Crippen MR) is 61.4 cm³/mol. The van der Waals surface area contributed by atoms with Gasteiger partial charge in [-0.05, 0) is 16.0 Å². The van der Waals surface area contributed by atoms with Crippen LogP contribution in [0.3, 0.4) is 0 Å². The number of nitro groups is 1. The fourth-order valence-electron chi connectivity index (χ4n) is 1.52. The maximum absolute atomic E-state index is 10.6. The van der Waals surface area contributed by atoms with Crippen molar-refractivity contribution in [2.45, 2.75) is 13.0 Å². The number of carbonyl (C=O) groups is 1. The van der Waals surface area contributed by atoms with Crippen molar-refractivity contribution in [3.8, 4) is 0 Å². The van der Waals surface area contributed by atoms with Crippen molar-refractivity contribution in [2.24, 2.45) is 0 Å². The average Bonchev–Trinajstić information content (AvgIpc) is 2.76. The van der Waals surface area contributed by atoms with Crippen LogP contribution < -0.4 is 0 Å². The summed E-state index contributed by atoms with van der Waals surface area (Å²) in [5.41, 5.74) is 0.751. The molecule has 0 fully saturated rings. The summed E-state index contributed by atoms with van der Waals surface area (Å²) in [7, 11) is 0. The van der Waals surface area contributed by atoms with Crippen LogP contribution in [0.15, 0.2) is 24.3 Å². The lowest BCUT2D eigenvalue weighted by atomic mass is 10.1. The third-order valence-corrected chi connectivity index (χ3v) is 2.40. The number of tetrazole rings is 1. The molecule has 98 valence electrons. The van der Waals surface area contributed by atoms with E-state index in [-0.39, 0.29) is 12.2 Å². The summed E-state index contributed by atoms with van der Waals surface area (Å²) < 4.78 is 1.17. The van der Waals surface area contributed by atoms with Crippen molar-refractivity contribution >= 4 is 11.7 Å².